The van der Waals surface area contributed by atoms with Crippen LogP contribution in [0.15, 0.2) is 30.4 Å². The maximum absolute atomic E-state index is 6.18. The monoisotopic (exact) mass is 295 g/mol. The molecule has 1 aliphatic rings. The first-order chi connectivity index (χ1) is 9.72. The van der Waals surface area contributed by atoms with Gasteiger partial charge in [-0.05, 0) is 31.0 Å². The molecule has 0 spiro atoms. The molecule has 0 atom stereocenters. The number of allylic oxidation sites excluding steroid dienone is 2. The third kappa shape index (κ3) is 3.35. The van der Waals surface area contributed by atoms with Gasteiger partial charge < -0.3 is 14.8 Å². The van der Waals surface area contributed by atoms with Crippen molar-refractivity contribution < 1.29 is 9.47 Å². The number of ether oxygens (including phenoxy) is 2. The van der Waals surface area contributed by atoms with Crippen LogP contribution in [0.1, 0.15) is 18.4 Å². The summed E-state index contributed by atoms with van der Waals surface area (Å²) in [5.74, 6) is 0.909. The van der Waals surface area contributed by atoms with Gasteiger partial charge in [-0.15, -0.1) is 0 Å². The Labute approximate surface area is 125 Å². The maximum Gasteiger partial charge on any atom is 0.122 e. The highest BCUT2D eigenvalue weighted by Gasteiger charge is 2.35. The average molecular weight is 296 g/mol. The molecule has 1 N–H and O–H groups in total. The smallest absolute Gasteiger partial charge is 0.122 e. The van der Waals surface area contributed by atoms with Gasteiger partial charge in [-0.3, -0.25) is 0 Å². The number of benzene rings is 1. The summed E-state index contributed by atoms with van der Waals surface area (Å²) in [6, 6.07) is 5.86. The van der Waals surface area contributed by atoms with Crippen molar-refractivity contribution in [3.63, 3.8) is 0 Å². The first-order valence-corrected chi connectivity index (χ1v) is 7.28. The number of halogens is 1. The van der Waals surface area contributed by atoms with Gasteiger partial charge in [0.1, 0.15) is 5.75 Å². The summed E-state index contributed by atoms with van der Waals surface area (Å²) in [6.45, 7) is 2.46. The zero-order chi connectivity index (χ0) is 14.4. The van der Waals surface area contributed by atoms with E-state index in [0.717, 1.165) is 43.3 Å². The fraction of sp³-hybridized carbons (Fsp3) is 0.500. The summed E-state index contributed by atoms with van der Waals surface area (Å²) in [5.41, 5.74) is 1.21. The van der Waals surface area contributed by atoms with Gasteiger partial charge in [-0.2, -0.15) is 0 Å². The van der Waals surface area contributed by atoms with E-state index in [9.17, 15) is 0 Å². The van der Waals surface area contributed by atoms with Crippen molar-refractivity contribution in [1.29, 1.82) is 0 Å². The zero-order valence-electron chi connectivity index (χ0n) is 12.1. The lowest BCUT2D eigenvalue weighted by Gasteiger charge is -2.31. The quantitative estimate of drug-likeness (QED) is 0.619. The molecule has 0 heterocycles. The molecule has 1 aromatic rings. The molecule has 0 amide bonds. The van der Waals surface area contributed by atoms with Gasteiger partial charge in [0.2, 0.25) is 0 Å². The fourth-order valence-electron chi connectivity index (χ4n) is 2.76. The van der Waals surface area contributed by atoms with Gasteiger partial charge in [-0.1, -0.05) is 23.8 Å². The predicted octanol–water partition coefficient (Wildman–Crippen LogP) is 3.17. The van der Waals surface area contributed by atoms with E-state index in [0.29, 0.717) is 0 Å². The third-order valence-corrected chi connectivity index (χ3v) is 4.10. The number of hydrogen-bond donors (Lipinski definition) is 1. The Morgan fingerprint density at radius 1 is 1.25 bits per heavy atom. The Morgan fingerprint density at radius 3 is 2.65 bits per heavy atom. The molecule has 0 unspecified atom stereocenters. The van der Waals surface area contributed by atoms with Gasteiger partial charge in [0.25, 0.3) is 0 Å². The highest BCUT2D eigenvalue weighted by atomic mass is 35.5. The van der Waals surface area contributed by atoms with Crippen molar-refractivity contribution in [1.82, 2.24) is 5.32 Å². The minimum atomic E-state index is 0.0317. The van der Waals surface area contributed by atoms with Crippen LogP contribution in [0.5, 0.6) is 5.75 Å². The first-order valence-electron chi connectivity index (χ1n) is 6.90. The molecule has 2 rings (SSSR count). The second kappa shape index (κ2) is 7.11. The lowest BCUT2D eigenvalue weighted by molar-refractivity contribution is 0.196. The average Bonchev–Trinajstić information content (AvgIpc) is 2.93. The molecule has 0 saturated heterocycles. The van der Waals surface area contributed by atoms with Crippen molar-refractivity contribution >= 4 is 11.6 Å². The molecule has 110 valence electrons. The lowest BCUT2D eigenvalue weighted by atomic mass is 9.77. The predicted molar refractivity (Wildman–Crippen MR) is 82.8 cm³/mol. The normalized spacial score (nSPS) is 16.6. The molecule has 0 radical (unpaired) electrons. The Balaban J connectivity index is 2.21. The highest BCUT2D eigenvalue weighted by Crippen LogP contribution is 2.42. The van der Waals surface area contributed by atoms with Crippen LogP contribution in [0.3, 0.4) is 0 Å². The molecular formula is C16H22ClNO2. The zero-order valence-corrected chi connectivity index (χ0v) is 12.9. The van der Waals surface area contributed by atoms with E-state index in [4.69, 9.17) is 21.1 Å². The fourth-order valence-corrected chi connectivity index (χ4v) is 2.93. The third-order valence-electron chi connectivity index (χ3n) is 3.86. The van der Waals surface area contributed by atoms with E-state index < -0.39 is 0 Å². The van der Waals surface area contributed by atoms with Crippen molar-refractivity contribution in [3.05, 3.63) is 40.9 Å². The van der Waals surface area contributed by atoms with Crippen LogP contribution in [-0.2, 0) is 10.2 Å². The van der Waals surface area contributed by atoms with Crippen LogP contribution in [0.4, 0.5) is 0 Å². The van der Waals surface area contributed by atoms with Crippen molar-refractivity contribution in [3.8, 4) is 5.75 Å². The van der Waals surface area contributed by atoms with Gasteiger partial charge in [-0.25, -0.2) is 0 Å². The van der Waals surface area contributed by atoms with Crippen molar-refractivity contribution in [2.75, 3.05) is 33.9 Å². The lowest BCUT2D eigenvalue weighted by Crippen LogP contribution is -2.37. The molecule has 20 heavy (non-hydrogen) atoms. The number of nitrogens with one attached hydrogen (secondary N) is 1. The number of rotatable bonds is 7. The molecule has 0 aromatic heterocycles. The van der Waals surface area contributed by atoms with Gasteiger partial charge in [0, 0.05) is 36.2 Å². The van der Waals surface area contributed by atoms with Crippen LogP contribution in [0.25, 0.3) is 0 Å². The van der Waals surface area contributed by atoms with Crippen LogP contribution in [0.2, 0.25) is 5.02 Å². The number of methoxy groups -OCH3 is 2. The Kier molecular flexibility index (Phi) is 5.46. The molecule has 4 heteroatoms. The maximum atomic E-state index is 6.18. The largest absolute Gasteiger partial charge is 0.496 e. The molecule has 3 nitrogen and oxygen atoms in total. The first kappa shape index (κ1) is 15.4. The Bertz CT molecular complexity index is 466. The molecule has 0 saturated carbocycles. The van der Waals surface area contributed by atoms with Crippen LogP contribution < -0.4 is 10.1 Å². The van der Waals surface area contributed by atoms with E-state index in [1.165, 1.54) is 5.56 Å². The molecule has 0 fully saturated rings. The molecule has 1 aliphatic carbocycles. The minimum absolute atomic E-state index is 0.0317. The summed E-state index contributed by atoms with van der Waals surface area (Å²) < 4.78 is 10.6. The summed E-state index contributed by atoms with van der Waals surface area (Å²) in [5, 5.41) is 4.23. The second-order valence-electron chi connectivity index (χ2n) is 5.17. The Hall–Kier alpha value is -1.03. The van der Waals surface area contributed by atoms with Gasteiger partial charge >= 0.3 is 0 Å². The van der Waals surface area contributed by atoms with E-state index >= 15 is 0 Å². The second-order valence-corrected chi connectivity index (χ2v) is 5.61. The molecular weight excluding hydrogens is 274 g/mol. The molecule has 0 bridgehead atoms. The van der Waals surface area contributed by atoms with Crippen LogP contribution in [0, 0.1) is 0 Å². The van der Waals surface area contributed by atoms with E-state index in [1.807, 2.05) is 18.2 Å². The van der Waals surface area contributed by atoms with Gasteiger partial charge in [0.05, 0.1) is 13.7 Å². The topological polar surface area (TPSA) is 30.5 Å². The van der Waals surface area contributed by atoms with E-state index in [2.05, 4.69) is 17.5 Å². The van der Waals surface area contributed by atoms with Crippen LogP contribution >= 0.6 is 11.6 Å². The summed E-state index contributed by atoms with van der Waals surface area (Å²) in [7, 11) is 3.43. The molecule has 0 aliphatic heterocycles. The minimum Gasteiger partial charge on any atom is -0.496 e. The summed E-state index contributed by atoms with van der Waals surface area (Å²) >= 11 is 6.18. The SMILES string of the molecule is COCCNCC1(c2cc(Cl)ccc2OC)CC=CC1. The van der Waals surface area contributed by atoms with E-state index in [-0.39, 0.29) is 5.41 Å². The van der Waals surface area contributed by atoms with Crippen LogP contribution in [-0.4, -0.2) is 33.9 Å². The van der Waals surface area contributed by atoms with Crippen molar-refractivity contribution in [2.45, 2.75) is 18.3 Å². The standard InChI is InChI=1S/C16H22ClNO2/c1-19-10-9-18-12-16(7-3-4-8-16)14-11-13(17)5-6-15(14)20-2/h3-6,11,18H,7-10,12H2,1-2H3. The highest BCUT2D eigenvalue weighted by molar-refractivity contribution is 6.30. The number of hydrogen-bond acceptors (Lipinski definition) is 3. The molecule has 1 aromatic carbocycles. The van der Waals surface area contributed by atoms with Gasteiger partial charge in [0.15, 0.2) is 0 Å². The van der Waals surface area contributed by atoms with Crippen molar-refractivity contribution in [2.24, 2.45) is 0 Å². The Morgan fingerprint density at radius 2 is 2.00 bits per heavy atom. The summed E-state index contributed by atoms with van der Waals surface area (Å²) in [6.07, 6.45) is 6.48. The van der Waals surface area contributed by atoms with E-state index in [1.54, 1.807) is 14.2 Å². The summed E-state index contributed by atoms with van der Waals surface area (Å²) in [4.78, 5) is 0.